The average Bonchev–Trinajstić information content (AvgIpc) is 3.35. The lowest BCUT2D eigenvalue weighted by atomic mass is 9.96. The number of hydrogen-bond donors (Lipinski definition) is 3. The van der Waals surface area contributed by atoms with Crippen molar-refractivity contribution < 1.29 is 9.90 Å². The molecule has 0 aliphatic carbocycles. The lowest BCUT2D eigenvalue weighted by Crippen LogP contribution is -2.29. The molecule has 5 rings (SSSR count). The summed E-state index contributed by atoms with van der Waals surface area (Å²) < 4.78 is 2.18. The Kier molecular flexibility index (Phi) is 6.20. The molecule has 1 fully saturated rings. The first-order valence-electron chi connectivity index (χ1n) is 11.7. The zero-order valence-corrected chi connectivity index (χ0v) is 21.1. The van der Waals surface area contributed by atoms with Crippen molar-refractivity contribution in [3.63, 3.8) is 0 Å². The molecular formula is C28H27N5O2S. The van der Waals surface area contributed by atoms with Crippen LogP contribution in [-0.4, -0.2) is 25.7 Å². The van der Waals surface area contributed by atoms with Crippen LogP contribution in [0.25, 0.3) is 5.69 Å². The van der Waals surface area contributed by atoms with Crippen LogP contribution in [0.5, 0.6) is 5.75 Å². The summed E-state index contributed by atoms with van der Waals surface area (Å²) in [5.74, 6) is 0.117. The first-order chi connectivity index (χ1) is 17.3. The molecule has 1 aliphatic heterocycles. The van der Waals surface area contributed by atoms with Crippen molar-refractivity contribution in [1.82, 2.24) is 14.9 Å². The lowest BCUT2D eigenvalue weighted by Gasteiger charge is -2.28. The van der Waals surface area contributed by atoms with Crippen LogP contribution in [-0.2, 0) is 4.79 Å². The highest BCUT2D eigenvalue weighted by Crippen LogP contribution is 2.44. The maximum Gasteiger partial charge on any atom is 0.221 e. The number of anilines is 2. The molecule has 1 amide bonds. The molecule has 2 atom stereocenters. The maximum atomic E-state index is 11.5. The minimum atomic E-state index is -0.164. The summed E-state index contributed by atoms with van der Waals surface area (Å²) in [6.07, 6.45) is 1.79. The van der Waals surface area contributed by atoms with E-state index in [-0.39, 0.29) is 23.7 Å². The molecule has 36 heavy (non-hydrogen) atoms. The van der Waals surface area contributed by atoms with E-state index in [0.717, 1.165) is 39.7 Å². The number of carbonyl (C=O) groups is 1. The van der Waals surface area contributed by atoms with Crippen molar-refractivity contribution in [2.75, 3.05) is 10.2 Å². The van der Waals surface area contributed by atoms with Crippen molar-refractivity contribution in [2.45, 2.75) is 32.9 Å². The molecule has 8 heteroatoms. The molecule has 0 radical (unpaired) electrons. The first kappa shape index (κ1) is 23.6. The standard InChI is InChI=1S/C28H27N5O2S/c1-17-16-24(18(2)32(17)21-11-13-23(35)14-12-21)27-26(25-6-4-5-15-29-25)31-28(36)33(27)22-9-7-20(8-10-22)30-19(3)34/h4-16,26-27,35H,1-3H3,(H,30,34)(H,31,36)/t26-,27-/m0/s1. The van der Waals surface area contributed by atoms with Gasteiger partial charge in [-0.1, -0.05) is 6.07 Å². The van der Waals surface area contributed by atoms with Gasteiger partial charge in [-0.25, -0.2) is 0 Å². The number of aromatic nitrogens is 2. The molecule has 0 bridgehead atoms. The lowest BCUT2D eigenvalue weighted by molar-refractivity contribution is -0.114. The van der Waals surface area contributed by atoms with E-state index in [1.54, 1.807) is 18.3 Å². The summed E-state index contributed by atoms with van der Waals surface area (Å²) in [6, 6.07) is 22.7. The second-order valence-corrected chi connectivity index (χ2v) is 9.29. The first-order valence-corrected chi connectivity index (χ1v) is 12.1. The Morgan fingerprint density at radius 3 is 2.36 bits per heavy atom. The van der Waals surface area contributed by atoms with Gasteiger partial charge in [0.05, 0.1) is 17.8 Å². The summed E-state index contributed by atoms with van der Waals surface area (Å²) in [6.45, 7) is 5.67. The normalized spacial score (nSPS) is 17.2. The molecule has 2 aromatic carbocycles. The van der Waals surface area contributed by atoms with Gasteiger partial charge in [0.15, 0.2) is 5.11 Å². The smallest absolute Gasteiger partial charge is 0.221 e. The van der Waals surface area contributed by atoms with E-state index in [2.05, 4.69) is 45.0 Å². The molecular weight excluding hydrogens is 470 g/mol. The van der Waals surface area contributed by atoms with Crippen LogP contribution in [0, 0.1) is 13.8 Å². The Hall–Kier alpha value is -4.17. The third-order valence-electron chi connectivity index (χ3n) is 6.46. The van der Waals surface area contributed by atoms with Gasteiger partial charge in [0.25, 0.3) is 0 Å². The Morgan fingerprint density at radius 1 is 1.03 bits per heavy atom. The monoisotopic (exact) mass is 497 g/mol. The molecule has 2 aromatic heterocycles. The second-order valence-electron chi connectivity index (χ2n) is 8.90. The number of aromatic hydroxyl groups is 1. The van der Waals surface area contributed by atoms with Gasteiger partial charge >= 0.3 is 0 Å². The van der Waals surface area contributed by atoms with Crippen molar-refractivity contribution in [2.24, 2.45) is 0 Å². The Morgan fingerprint density at radius 2 is 1.72 bits per heavy atom. The number of hydrogen-bond acceptors (Lipinski definition) is 4. The minimum absolute atomic E-state index is 0.115. The van der Waals surface area contributed by atoms with Gasteiger partial charge in [0, 0.05) is 41.6 Å². The molecule has 182 valence electrons. The number of phenolic OH excluding ortho intramolecular Hbond substituents is 1. The van der Waals surface area contributed by atoms with E-state index in [4.69, 9.17) is 12.2 Å². The van der Waals surface area contributed by atoms with E-state index in [0.29, 0.717) is 5.11 Å². The van der Waals surface area contributed by atoms with Gasteiger partial charge in [0.1, 0.15) is 5.75 Å². The molecule has 4 aromatic rings. The van der Waals surface area contributed by atoms with Crippen LogP contribution in [0.15, 0.2) is 79.0 Å². The van der Waals surface area contributed by atoms with Gasteiger partial charge < -0.3 is 25.2 Å². The molecule has 7 nitrogen and oxygen atoms in total. The number of aryl methyl sites for hydroxylation is 1. The average molecular weight is 498 g/mol. The molecule has 1 saturated heterocycles. The topological polar surface area (TPSA) is 82.4 Å². The summed E-state index contributed by atoms with van der Waals surface area (Å²) in [5.41, 5.74) is 6.80. The summed E-state index contributed by atoms with van der Waals surface area (Å²) in [5, 5.41) is 16.7. The fraction of sp³-hybridized carbons (Fsp3) is 0.179. The number of pyridine rings is 1. The highest BCUT2D eigenvalue weighted by atomic mass is 32.1. The zero-order chi connectivity index (χ0) is 25.4. The van der Waals surface area contributed by atoms with E-state index in [9.17, 15) is 9.90 Å². The van der Waals surface area contributed by atoms with Gasteiger partial charge in [0.2, 0.25) is 5.91 Å². The summed E-state index contributed by atoms with van der Waals surface area (Å²) in [7, 11) is 0. The molecule has 0 unspecified atom stereocenters. The van der Waals surface area contributed by atoms with Crippen LogP contribution in [0.1, 0.15) is 41.7 Å². The van der Waals surface area contributed by atoms with E-state index >= 15 is 0 Å². The van der Waals surface area contributed by atoms with Crippen LogP contribution in [0.4, 0.5) is 11.4 Å². The fourth-order valence-electron chi connectivity index (χ4n) is 4.94. The van der Waals surface area contributed by atoms with Crippen molar-refractivity contribution in [3.8, 4) is 11.4 Å². The molecule has 1 aliphatic rings. The number of nitrogens with zero attached hydrogens (tertiary/aromatic N) is 3. The third kappa shape index (κ3) is 4.31. The van der Waals surface area contributed by atoms with E-state index in [1.807, 2.05) is 54.6 Å². The molecule has 0 spiro atoms. The number of thiocarbonyl (C=S) groups is 1. The van der Waals surface area contributed by atoms with Gasteiger partial charge in [-0.3, -0.25) is 9.78 Å². The zero-order valence-electron chi connectivity index (χ0n) is 20.3. The van der Waals surface area contributed by atoms with Crippen LogP contribution < -0.4 is 15.5 Å². The number of carbonyl (C=O) groups excluding carboxylic acids is 1. The van der Waals surface area contributed by atoms with Gasteiger partial charge in [-0.2, -0.15) is 0 Å². The van der Waals surface area contributed by atoms with Crippen molar-refractivity contribution in [3.05, 3.63) is 102 Å². The Balaban J connectivity index is 1.62. The largest absolute Gasteiger partial charge is 0.508 e. The Labute approximate surface area is 215 Å². The predicted molar refractivity (Wildman–Crippen MR) is 146 cm³/mol. The maximum absolute atomic E-state index is 11.5. The number of nitrogens with one attached hydrogen (secondary N) is 2. The van der Waals surface area contributed by atoms with Crippen LogP contribution >= 0.6 is 12.2 Å². The minimum Gasteiger partial charge on any atom is -0.508 e. The predicted octanol–water partition coefficient (Wildman–Crippen LogP) is 5.33. The number of amides is 1. The highest BCUT2D eigenvalue weighted by molar-refractivity contribution is 7.80. The van der Waals surface area contributed by atoms with Crippen LogP contribution in [0.3, 0.4) is 0 Å². The number of rotatable bonds is 5. The number of benzene rings is 2. The van der Waals surface area contributed by atoms with Gasteiger partial charge in [-0.15, -0.1) is 0 Å². The quantitative estimate of drug-likeness (QED) is 0.323. The summed E-state index contributed by atoms with van der Waals surface area (Å²) >= 11 is 5.85. The highest BCUT2D eigenvalue weighted by Gasteiger charge is 2.42. The molecule has 0 saturated carbocycles. The number of phenols is 1. The van der Waals surface area contributed by atoms with Gasteiger partial charge in [-0.05, 0) is 98.4 Å². The molecule has 3 heterocycles. The van der Waals surface area contributed by atoms with E-state index < -0.39 is 0 Å². The van der Waals surface area contributed by atoms with E-state index in [1.165, 1.54) is 6.92 Å². The second kappa shape index (κ2) is 9.47. The van der Waals surface area contributed by atoms with Crippen molar-refractivity contribution in [1.29, 1.82) is 0 Å². The third-order valence-corrected chi connectivity index (χ3v) is 6.78. The van der Waals surface area contributed by atoms with Crippen LogP contribution in [0.2, 0.25) is 0 Å². The SMILES string of the molecule is CC(=O)Nc1ccc(N2C(=S)N[C@@H](c3ccccn3)[C@@H]2c2cc(C)n(-c3ccc(O)cc3)c2C)cc1. The van der Waals surface area contributed by atoms with Crippen molar-refractivity contribution >= 4 is 34.6 Å². The Bertz CT molecular complexity index is 1420. The molecule has 3 N–H and O–H groups in total. The summed E-state index contributed by atoms with van der Waals surface area (Å²) in [4.78, 5) is 18.2. The fourth-order valence-corrected chi connectivity index (χ4v) is 5.29.